The van der Waals surface area contributed by atoms with Crippen LogP contribution in [-0.4, -0.2) is 38.3 Å². The van der Waals surface area contributed by atoms with Gasteiger partial charge in [-0.3, -0.25) is 4.79 Å². The Bertz CT molecular complexity index is 609. The highest BCUT2D eigenvalue weighted by atomic mass is 32.2. The van der Waals surface area contributed by atoms with Gasteiger partial charge in [-0.25, -0.2) is 8.42 Å². The Morgan fingerprint density at radius 2 is 1.88 bits per heavy atom. The summed E-state index contributed by atoms with van der Waals surface area (Å²) in [5.41, 5.74) is 0.705. The van der Waals surface area contributed by atoms with E-state index < -0.39 is 21.7 Å². The predicted molar refractivity (Wildman–Crippen MR) is 94.5 cm³/mol. The van der Waals surface area contributed by atoms with Crippen molar-refractivity contribution < 1.29 is 18.3 Å². The molecule has 1 aliphatic heterocycles. The average molecular weight is 353 g/mol. The van der Waals surface area contributed by atoms with Gasteiger partial charge in [-0.05, 0) is 43.8 Å². The number of benzene rings is 1. The van der Waals surface area contributed by atoms with Crippen molar-refractivity contribution in [2.45, 2.75) is 37.9 Å². The highest BCUT2D eigenvalue weighted by molar-refractivity contribution is 7.90. The van der Waals surface area contributed by atoms with Gasteiger partial charge in [0.15, 0.2) is 9.84 Å². The normalized spacial score (nSPS) is 17.5. The van der Waals surface area contributed by atoms with Gasteiger partial charge in [0, 0.05) is 0 Å². The molecule has 1 saturated heterocycles. The second-order valence-electron chi connectivity index (χ2n) is 6.70. The molecule has 1 aliphatic rings. The molecule has 2 N–H and O–H groups in total. The van der Waals surface area contributed by atoms with E-state index >= 15 is 0 Å². The maximum atomic E-state index is 12.3. The standard InChI is InChI=1S/C18H27NO4S/c20-18(21)17(8-4-7-15-9-11-19-12-10-15)14-24(22,23)13-16-5-2-1-3-6-16/h1-3,5-6,15,17,19H,4,7-14H2,(H,20,21)/t17-/m0/s1. The molecular weight excluding hydrogens is 326 g/mol. The maximum Gasteiger partial charge on any atom is 0.307 e. The maximum absolute atomic E-state index is 12.3. The zero-order chi connectivity index (χ0) is 17.4. The summed E-state index contributed by atoms with van der Waals surface area (Å²) in [5, 5.41) is 12.7. The van der Waals surface area contributed by atoms with Crippen molar-refractivity contribution in [3.05, 3.63) is 35.9 Å². The Hall–Kier alpha value is -1.40. The molecule has 1 atom stereocenters. The van der Waals surface area contributed by atoms with Gasteiger partial charge < -0.3 is 10.4 Å². The van der Waals surface area contributed by atoms with E-state index in [0.29, 0.717) is 17.9 Å². The first-order valence-corrected chi connectivity index (χ1v) is 10.5. The molecule has 0 bridgehead atoms. The lowest BCUT2D eigenvalue weighted by atomic mass is 9.91. The van der Waals surface area contributed by atoms with Gasteiger partial charge in [-0.15, -0.1) is 0 Å². The predicted octanol–water partition coefficient (Wildman–Crippen LogP) is 2.47. The first-order valence-electron chi connectivity index (χ1n) is 8.64. The Labute approximate surface area is 144 Å². The van der Waals surface area contributed by atoms with Crippen LogP contribution in [0.3, 0.4) is 0 Å². The van der Waals surface area contributed by atoms with Crippen molar-refractivity contribution in [3.63, 3.8) is 0 Å². The van der Waals surface area contributed by atoms with E-state index in [1.54, 1.807) is 24.3 Å². The molecular formula is C18H27NO4S. The second-order valence-corrected chi connectivity index (χ2v) is 8.81. The summed E-state index contributed by atoms with van der Waals surface area (Å²) in [7, 11) is -3.42. The molecule has 2 rings (SSSR count). The lowest BCUT2D eigenvalue weighted by Crippen LogP contribution is -2.28. The van der Waals surface area contributed by atoms with Crippen molar-refractivity contribution >= 4 is 15.8 Å². The summed E-state index contributed by atoms with van der Waals surface area (Å²) >= 11 is 0. The van der Waals surface area contributed by atoms with E-state index in [2.05, 4.69) is 5.32 Å². The molecule has 0 amide bonds. The highest BCUT2D eigenvalue weighted by Gasteiger charge is 2.25. The molecule has 5 nitrogen and oxygen atoms in total. The van der Waals surface area contributed by atoms with Gasteiger partial charge in [-0.1, -0.05) is 43.2 Å². The summed E-state index contributed by atoms with van der Waals surface area (Å²) in [6.45, 7) is 2.05. The fourth-order valence-corrected chi connectivity index (χ4v) is 5.04. The molecule has 134 valence electrons. The smallest absolute Gasteiger partial charge is 0.307 e. The van der Waals surface area contributed by atoms with Crippen LogP contribution in [0.5, 0.6) is 0 Å². The Morgan fingerprint density at radius 3 is 2.50 bits per heavy atom. The van der Waals surface area contributed by atoms with E-state index in [1.165, 1.54) is 0 Å². The molecule has 0 unspecified atom stereocenters. The molecule has 24 heavy (non-hydrogen) atoms. The lowest BCUT2D eigenvalue weighted by Gasteiger charge is -2.23. The third-order valence-electron chi connectivity index (χ3n) is 4.66. The third-order valence-corrected chi connectivity index (χ3v) is 6.34. The zero-order valence-corrected chi connectivity index (χ0v) is 14.8. The van der Waals surface area contributed by atoms with Crippen molar-refractivity contribution in [1.82, 2.24) is 5.32 Å². The fourth-order valence-electron chi connectivity index (χ4n) is 3.30. The topological polar surface area (TPSA) is 83.5 Å². The van der Waals surface area contributed by atoms with Gasteiger partial charge in [0.05, 0.1) is 17.4 Å². The summed E-state index contributed by atoms with van der Waals surface area (Å²) in [4.78, 5) is 11.4. The number of sulfone groups is 1. The number of nitrogens with one attached hydrogen (secondary N) is 1. The molecule has 0 aromatic heterocycles. The molecule has 0 aliphatic carbocycles. The van der Waals surface area contributed by atoms with Crippen LogP contribution in [0.2, 0.25) is 0 Å². The van der Waals surface area contributed by atoms with Crippen molar-refractivity contribution in [2.75, 3.05) is 18.8 Å². The number of aliphatic carboxylic acids is 1. The van der Waals surface area contributed by atoms with E-state index in [9.17, 15) is 18.3 Å². The van der Waals surface area contributed by atoms with Crippen LogP contribution >= 0.6 is 0 Å². The van der Waals surface area contributed by atoms with E-state index in [0.717, 1.165) is 38.8 Å². The van der Waals surface area contributed by atoms with Gasteiger partial charge in [0.2, 0.25) is 0 Å². The van der Waals surface area contributed by atoms with Crippen molar-refractivity contribution in [1.29, 1.82) is 0 Å². The minimum absolute atomic E-state index is 0.0914. The molecule has 0 saturated carbocycles. The van der Waals surface area contributed by atoms with E-state index in [4.69, 9.17) is 0 Å². The third kappa shape index (κ3) is 6.61. The summed E-state index contributed by atoms with van der Waals surface area (Å²) in [6, 6.07) is 8.92. The Kier molecular flexibility index (Phi) is 7.24. The first-order chi connectivity index (χ1) is 11.5. The average Bonchev–Trinajstić information content (AvgIpc) is 2.55. The number of hydrogen-bond donors (Lipinski definition) is 2. The molecule has 1 aromatic rings. The van der Waals surface area contributed by atoms with Crippen LogP contribution in [0.25, 0.3) is 0 Å². The van der Waals surface area contributed by atoms with Gasteiger partial charge in [0.25, 0.3) is 0 Å². The largest absolute Gasteiger partial charge is 0.481 e. The molecule has 1 aromatic carbocycles. The second kappa shape index (κ2) is 9.18. The molecule has 6 heteroatoms. The fraction of sp³-hybridized carbons (Fsp3) is 0.611. The van der Waals surface area contributed by atoms with Crippen LogP contribution in [-0.2, 0) is 20.4 Å². The van der Waals surface area contributed by atoms with Gasteiger partial charge >= 0.3 is 5.97 Å². The molecule has 0 spiro atoms. The number of carboxylic acid groups (broad SMARTS) is 1. The van der Waals surface area contributed by atoms with Crippen molar-refractivity contribution in [3.8, 4) is 0 Å². The van der Waals surface area contributed by atoms with E-state index in [-0.39, 0.29) is 11.5 Å². The van der Waals surface area contributed by atoms with E-state index in [1.807, 2.05) is 6.07 Å². The molecule has 1 heterocycles. The summed E-state index contributed by atoms with van der Waals surface area (Å²) < 4.78 is 24.6. The van der Waals surface area contributed by atoms with Crippen LogP contribution in [0.4, 0.5) is 0 Å². The highest BCUT2D eigenvalue weighted by Crippen LogP contribution is 2.22. The van der Waals surface area contributed by atoms with Crippen LogP contribution < -0.4 is 5.32 Å². The monoisotopic (exact) mass is 353 g/mol. The van der Waals surface area contributed by atoms with Crippen LogP contribution in [0, 0.1) is 11.8 Å². The Morgan fingerprint density at radius 1 is 1.21 bits per heavy atom. The number of rotatable bonds is 9. The molecule has 1 fully saturated rings. The van der Waals surface area contributed by atoms with Crippen molar-refractivity contribution in [2.24, 2.45) is 11.8 Å². The zero-order valence-electron chi connectivity index (χ0n) is 14.0. The summed E-state index contributed by atoms with van der Waals surface area (Å²) in [6.07, 6.45) is 4.47. The summed E-state index contributed by atoms with van der Waals surface area (Å²) in [5.74, 6) is -1.53. The number of carboxylic acids is 1. The number of piperidine rings is 1. The SMILES string of the molecule is O=C(O)[C@@H](CCCC1CCNCC1)CS(=O)(=O)Cc1ccccc1. The minimum atomic E-state index is -3.42. The number of carbonyl (C=O) groups is 1. The minimum Gasteiger partial charge on any atom is -0.481 e. The Balaban J connectivity index is 1.84. The quantitative estimate of drug-likeness (QED) is 0.712. The van der Waals surface area contributed by atoms with Crippen LogP contribution in [0.15, 0.2) is 30.3 Å². The molecule has 0 radical (unpaired) electrons. The van der Waals surface area contributed by atoms with Gasteiger partial charge in [0.1, 0.15) is 0 Å². The van der Waals surface area contributed by atoms with Gasteiger partial charge in [-0.2, -0.15) is 0 Å². The van der Waals surface area contributed by atoms with Crippen LogP contribution in [0.1, 0.15) is 37.7 Å². The number of hydrogen-bond acceptors (Lipinski definition) is 4. The first kappa shape index (κ1) is 18.9. The lowest BCUT2D eigenvalue weighted by molar-refractivity contribution is -0.141.